The van der Waals surface area contributed by atoms with Gasteiger partial charge in [-0.15, -0.1) is 0 Å². The highest BCUT2D eigenvalue weighted by atomic mass is 32.2. The minimum absolute atomic E-state index is 0.335. The Morgan fingerprint density at radius 1 is 1.40 bits per heavy atom. The molecule has 0 saturated carbocycles. The number of hydrogen-bond acceptors (Lipinski definition) is 4. The Balaban J connectivity index is 2.73. The first-order valence-electron chi connectivity index (χ1n) is 4.76. The summed E-state index contributed by atoms with van der Waals surface area (Å²) in [6.07, 6.45) is 0.952. The summed E-state index contributed by atoms with van der Waals surface area (Å²) in [4.78, 5) is 12.2. The molecular weight excluding hydrogens is 212 g/mol. The van der Waals surface area contributed by atoms with Gasteiger partial charge in [-0.25, -0.2) is 4.79 Å². The largest absolute Gasteiger partial charge is 0.465 e. The molecule has 1 aromatic carbocycles. The lowest BCUT2D eigenvalue weighted by Crippen LogP contribution is -2.02. The zero-order chi connectivity index (χ0) is 11.1. The number of rotatable bonds is 5. The van der Waals surface area contributed by atoms with Gasteiger partial charge in [-0.05, 0) is 18.6 Å². The van der Waals surface area contributed by atoms with Gasteiger partial charge < -0.3 is 8.92 Å². The molecule has 0 aliphatic heterocycles. The average molecular weight is 226 g/mol. The van der Waals surface area contributed by atoms with E-state index >= 15 is 0 Å². The van der Waals surface area contributed by atoms with Crippen LogP contribution < -0.4 is 0 Å². The summed E-state index contributed by atoms with van der Waals surface area (Å²) in [6.45, 7) is 2.70. The lowest BCUT2D eigenvalue weighted by atomic mass is 10.2. The van der Waals surface area contributed by atoms with E-state index in [-0.39, 0.29) is 5.97 Å². The summed E-state index contributed by atoms with van der Waals surface area (Å²) in [5.74, 6) is -0.335. The van der Waals surface area contributed by atoms with Crippen molar-refractivity contribution in [1.29, 1.82) is 0 Å². The molecule has 0 aliphatic rings. The van der Waals surface area contributed by atoms with Crippen LogP contribution >= 0.6 is 12.0 Å². The molecule has 0 atom stereocenters. The molecule has 0 radical (unpaired) electrons. The van der Waals surface area contributed by atoms with E-state index in [4.69, 9.17) is 4.18 Å². The van der Waals surface area contributed by atoms with E-state index in [0.717, 1.165) is 11.3 Å². The fourth-order valence-electron chi connectivity index (χ4n) is 1.01. The number of methoxy groups -OCH3 is 1. The Kier molecular flexibility index (Phi) is 5.21. The van der Waals surface area contributed by atoms with Crippen molar-refractivity contribution >= 4 is 18.0 Å². The molecule has 0 fully saturated rings. The molecule has 3 nitrogen and oxygen atoms in total. The summed E-state index contributed by atoms with van der Waals surface area (Å²) in [7, 11) is 1.37. The molecule has 0 aliphatic carbocycles. The van der Waals surface area contributed by atoms with Gasteiger partial charge in [-0.2, -0.15) is 0 Å². The highest BCUT2D eigenvalue weighted by Gasteiger charge is 2.11. The van der Waals surface area contributed by atoms with E-state index < -0.39 is 0 Å². The van der Waals surface area contributed by atoms with Crippen LogP contribution in [0.5, 0.6) is 0 Å². The maximum absolute atomic E-state index is 11.4. The van der Waals surface area contributed by atoms with Crippen LogP contribution in [0.1, 0.15) is 23.7 Å². The first-order chi connectivity index (χ1) is 7.29. The standard InChI is InChI=1S/C11H14O3S/c1-3-8-14-15-10-7-5-4-6-9(10)11(12)13-2/h4-7H,3,8H2,1-2H3. The van der Waals surface area contributed by atoms with Gasteiger partial charge in [0.25, 0.3) is 0 Å². The van der Waals surface area contributed by atoms with Crippen LogP contribution in [0, 0.1) is 0 Å². The first-order valence-corrected chi connectivity index (χ1v) is 5.50. The maximum Gasteiger partial charge on any atom is 0.339 e. The topological polar surface area (TPSA) is 35.5 Å². The van der Waals surface area contributed by atoms with Crippen LogP contribution in [0.3, 0.4) is 0 Å². The molecule has 0 unspecified atom stereocenters. The number of carbonyl (C=O) groups excluding carboxylic acids is 1. The molecule has 0 N–H and O–H groups in total. The zero-order valence-corrected chi connectivity index (χ0v) is 9.67. The number of hydrogen-bond donors (Lipinski definition) is 0. The van der Waals surface area contributed by atoms with Gasteiger partial charge in [-0.1, -0.05) is 19.1 Å². The highest BCUT2D eigenvalue weighted by molar-refractivity contribution is 7.94. The van der Waals surface area contributed by atoms with Crippen LogP contribution in [0.15, 0.2) is 29.2 Å². The SMILES string of the molecule is CCCOSc1ccccc1C(=O)OC. The van der Waals surface area contributed by atoms with Crippen molar-refractivity contribution in [3.8, 4) is 0 Å². The fraction of sp³-hybridized carbons (Fsp3) is 0.364. The third kappa shape index (κ3) is 3.57. The van der Waals surface area contributed by atoms with Crippen LogP contribution in [0.4, 0.5) is 0 Å². The molecule has 0 saturated heterocycles. The molecule has 4 heteroatoms. The average Bonchev–Trinajstić information content (AvgIpc) is 2.29. The van der Waals surface area contributed by atoms with Crippen molar-refractivity contribution in [3.63, 3.8) is 0 Å². The van der Waals surface area contributed by atoms with Gasteiger partial charge in [0.2, 0.25) is 0 Å². The first kappa shape index (κ1) is 12.1. The maximum atomic E-state index is 11.4. The summed E-state index contributed by atoms with van der Waals surface area (Å²) in [6, 6.07) is 7.23. The molecule has 82 valence electrons. The van der Waals surface area contributed by atoms with Crippen molar-refractivity contribution < 1.29 is 13.7 Å². The normalized spacial score (nSPS) is 10.0. The third-order valence-corrected chi connectivity index (χ3v) is 2.55. The number of carbonyl (C=O) groups is 1. The summed E-state index contributed by atoms with van der Waals surface area (Å²) >= 11 is 1.21. The van der Waals surface area contributed by atoms with E-state index in [1.807, 2.05) is 19.1 Å². The van der Waals surface area contributed by atoms with Crippen LogP contribution in [-0.4, -0.2) is 19.7 Å². The Bertz CT molecular complexity index is 325. The fourth-order valence-corrected chi connectivity index (χ4v) is 1.76. The highest BCUT2D eigenvalue weighted by Crippen LogP contribution is 2.24. The van der Waals surface area contributed by atoms with Crippen molar-refractivity contribution in [1.82, 2.24) is 0 Å². The zero-order valence-electron chi connectivity index (χ0n) is 8.86. The molecule has 15 heavy (non-hydrogen) atoms. The predicted molar refractivity (Wildman–Crippen MR) is 59.9 cm³/mol. The van der Waals surface area contributed by atoms with E-state index in [2.05, 4.69) is 4.74 Å². The third-order valence-electron chi connectivity index (χ3n) is 1.73. The predicted octanol–water partition coefficient (Wildman–Crippen LogP) is 2.91. The Hall–Kier alpha value is -1.00. The molecule has 1 aromatic rings. The summed E-state index contributed by atoms with van der Waals surface area (Å²) in [5.41, 5.74) is 0.543. The van der Waals surface area contributed by atoms with Gasteiger partial charge >= 0.3 is 5.97 Å². The molecule has 0 bridgehead atoms. The van der Waals surface area contributed by atoms with Crippen molar-refractivity contribution in [2.75, 3.05) is 13.7 Å². The lowest BCUT2D eigenvalue weighted by molar-refractivity contribution is 0.0596. The summed E-state index contributed by atoms with van der Waals surface area (Å²) < 4.78 is 9.99. The number of ether oxygens (including phenoxy) is 1. The van der Waals surface area contributed by atoms with Crippen molar-refractivity contribution in [2.24, 2.45) is 0 Å². The van der Waals surface area contributed by atoms with Crippen LogP contribution in [-0.2, 0) is 8.92 Å². The minimum Gasteiger partial charge on any atom is -0.465 e. The Labute approximate surface area is 94.0 Å². The molecular formula is C11H14O3S. The van der Waals surface area contributed by atoms with Gasteiger partial charge in [0.1, 0.15) is 0 Å². The van der Waals surface area contributed by atoms with E-state index in [0.29, 0.717) is 12.2 Å². The molecule has 1 rings (SSSR count). The van der Waals surface area contributed by atoms with Gasteiger partial charge in [0, 0.05) is 16.9 Å². The minimum atomic E-state index is -0.335. The molecule has 0 spiro atoms. The molecule has 0 aromatic heterocycles. The van der Waals surface area contributed by atoms with Crippen molar-refractivity contribution in [2.45, 2.75) is 18.2 Å². The van der Waals surface area contributed by atoms with Gasteiger partial charge in [0.15, 0.2) is 0 Å². The van der Waals surface area contributed by atoms with E-state index in [1.165, 1.54) is 19.2 Å². The number of esters is 1. The van der Waals surface area contributed by atoms with Crippen LogP contribution in [0.25, 0.3) is 0 Å². The smallest absolute Gasteiger partial charge is 0.339 e. The second-order valence-electron chi connectivity index (χ2n) is 2.89. The second kappa shape index (κ2) is 6.48. The summed E-state index contributed by atoms with van der Waals surface area (Å²) in [5, 5.41) is 0. The van der Waals surface area contributed by atoms with E-state index in [1.54, 1.807) is 12.1 Å². The second-order valence-corrected chi connectivity index (χ2v) is 3.74. The molecule has 0 heterocycles. The monoisotopic (exact) mass is 226 g/mol. The Morgan fingerprint density at radius 3 is 2.80 bits per heavy atom. The van der Waals surface area contributed by atoms with Gasteiger partial charge in [0.05, 0.1) is 19.3 Å². The quantitative estimate of drug-likeness (QED) is 0.439. The number of benzene rings is 1. The van der Waals surface area contributed by atoms with E-state index in [9.17, 15) is 4.79 Å². The van der Waals surface area contributed by atoms with Gasteiger partial charge in [-0.3, -0.25) is 0 Å². The van der Waals surface area contributed by atoms with Crippen molar-refractivity contribution in [3.05, 3.63) is 29.8 Å². The Morgan fingerprint density at radius 2 is 2.13 bits per heavy atom. The molecule has 0 amide bonds. The van der Waals surface area contributed by atoms with Crippen LogP contribution in [0.2, 0.25) is 0 Å². The lowest BCUT2D eigenvalue weighted by Gasteiger charge is -2.06.